The number of rotatable bonds is 16. The minimum absolute atomic E-state index is 0.467. The molecule has 0 bridgehead atoms. The molecule has 0 spiro atoms. The molecular formula is C20H38O7Si2. The van der Waals surface area contributed by atoms with E-state index in [1.165, 1.54) is 0 Å². The first-order chi connectivity index (χ1) is 14.0. The van der Waals surface area contributed by atoms with Crippen molar-refractivity contribution in [2.75, 3.05) is 46.8 Å². The van der Waals surface area contributed by atoms with E-state index in [1.807, 2.05) is 59.7 Å². The third-order valence-electron chi connectivity index (χ3n) is 4.14. The van der Waals surface area contributed by atoms with Gasteiger partial charge in [-0.1, -0.05) is 12.1 Å². The maximum Gasteiger partial charge on any atom is 0.541 e. The van der Waals surface area contributed by atoms with Crippen LogP contribution in [0.4, 0.5) is 0 Å². The average molecular weight is 447 g/mol. The molecule has 0 aliphatic rings. The Morgan fingerprint density at radius 2 is 1.10 bits per heavy atom. The Morgan fingerprint density at radius 3 is 1.48 bits per heavy atom. The van der Waals surface area contributed by atoms with E-state index in [0.29, 0.717) is 51.4 Å². The summed E-state index contributed by atoms with van der Waals surface area (Å²) in [5, 5.41) is 0.823. The van der Waals surface area contributed by atoms with Gasteiger partial charge in [0.15, 0.2) is 0 Å². The Labute approximate surface area is 178 Å². The van der Waals surface area contributed by atoms with E-state index in [4.69, 9.17) is 31.3 Å². The Hall–Kier alpha value is -0.786. The first-order valence-corrected chi connectivity index (χ1v) is 14.2. The minimum Gasteiger partial charge on any atom is -0.497 e. The summed E-state index contributed by atoms with van der Waals surface area (Å²) in [4.78, 5) is 0. The van der Waals surface area contributed by atoms with E-state index >= 15 is 0 Å². The lowest BCUT2D eigenvalue weighted by molar-refractivity contribution is 0.0702. The molecule has 0 amide bonds. The van der Waals surface area contributed by atoms with E-state index in [2.05, 4.69) is 0 Å². The van der Waals surface area contributed by atoms with Crippen LogP contribution in [-0.2, 0) is 32.6 Å². The SMILES string of the molecule is CCO[Si](Cc1cccc(OC)c1[Si](OCC)(OCC)OCC)(OCC)OCC. The molecule has 1 aromatic carbocycles. The fourth-order valence-electron chi connectivity index (χ4n) is 3.32. The van der Waals surface area contributed by atoms with Crippen LogP contribution in [0.15, 0.2) is 18.2 Å². The molecule has 1 aromatic rings. The van der Waals surface area contributed by atoms with Crippen LogP contribution < -0.4 is 9.92 Å². The summed E-state index contributed by atoms with van der Waals surface area (Å²) >= 11 is 0. The van der Waals surface area contributed by atoms with Crippen LogP contribution in [-0.4, -0.2) is 64.4 Å². The lowest BCUT2D eigenvalue weighted by atomic mass is 10.2. The van der Waals surface area contributed by atoms with Crippen LogP contribution >= 0.6 is 0 Å². The Morgan fingerprint density at radius 1 is 0.655 bits per heavy atom. The molecule has 0 radical (unpaired) electrons. The molecule has 0 heterocycles. The number of hydrogen-bond donors (Lipinski definition) is 0. The van der Waals surface area contributed by atoms with Gasteiger partial charge in [-0.3, -0.25) is 0 Å². The van der Waals surface area contributed by atoms with Crippen molar-refractivity contribution in [3.63, 3.8) is 0 Å². The molecule has 0 aliphatic heterocycles. The molecule has 0 N–H and O–H groups in total. The average Bonchev–Trinajstić information content (AvgIpc) is 2.69. The molecule has 1 rings (SSSR count). The molecule has 0 aromatic heterocycles. The van der Waals surface area contributed by atoms with Gasteiger partial charge >= 0.3 is 17.6 Å². The van der Waals surface area contributed by atoms with E-state index in [0.717, 1.165) is 10.8 Å². The fraction of sp³-hybridized carbons (Fsp3) is 0.700. The molecule has 7 nitrogen and oxygen atoms in total. The highest BCUT2D eigenvalue weighted by Crippen LogP contribution is 2.25. The summed E-state index contributed by atoms with van der Waals surface area (Å²) < 4.78 is 42.5. The van der Waals surface area contributed by atoms with Gasteiger partial charge in [-0.25, -0.2) is 0 Å². The van der Waals surface area contributed by atoms with Crippen LogP contribution in [0.5, 0.6) is 5.75 Å². The summed E-state index contributed by atoms with van der Waals surface area (Å²) in [5.41, 5.74) is 0.952. The monoisotopic (exact) mass is 446 g/mol. The Balaban J connectivity index is 3.62. The van der Waals surface area contributed by atoms with E-state index in [1.54, 1.807) is 7.11 Å². The van der Waals surface area contributed by atoms with Gasteiger partial charge in [0.25, 0.3) is 0 Å². The van der Waals surface area contributed by atoms with Gasteiger partial charge in [-0.05, 0) is 53.2 Å². The highest BCUT2D eigenvalue weighted by molar-refractivity contribution is 6.77. The lowest BCUT2D eigenvalue weighted by Crippen LogP contribution is -2.60. The molecule has 0 saturated carbocycles. The predicted octanol–water partition coefficient (Wildman–Crippen LogP) is 3.08. The van der Waals surface area contributed by atoms with Crippen LogP contribution in [0.3, 0.4) is 0 Å². The van der Waals surface area contributed by atoms with Gasteiger partial charge in [0.05, 0.1) is 12.3 Å². The zero-order chi connectivity index (χ0) is 21.8. The molecule has 0 aliphatic carbocycles. The second-order valence-corrected chi connectivity index (χ2v) is 11.1. The topological polar surface area (TPSA) is 64.6 Å². The summed E-state index contributed by atoms with van der Waals surface area (Å²) in [6.45, 7) is 14.6. The fourth-order valence-corrected chi connectivity index (χ4v) is 9.01. The third-order valence-corrected chi connectivity index (χ3v) is 10.3. The molecule has 0 unspecified atom stereocenters. The molecule has 0 saturated heterocycles. The van der Waals surface area contributed by atoms with Crippen LogP contribution in [0.1, 0.15) is 47.1 Å². The Kier molecular flexibility index (Phi) is 12.2. The van der Waals surface area contributed by atoms with Crippen molar-refractivity contribution in [1.82, 2.24) is 0 Å². The molecule has 0 fully saturated rings. The van der Waals surface area contributed by atoms with Crippen molar-refractivity contribution in [3.8, 4) is 5.75 Å². The van der Waals surface area contributed by atoms with Gasteiger partial charge in [-0.2, -0.15) is 0 Å². The predicted molar refractivity (Wildman–Crippen MR) is 118 cm³/mol. The molecular weight excluding hydrogens is 408 g/mol. The van der Waals surface area contributed by atoms with Crippen molar-refractivity contribution in [2.24, 2.45) is 0 Å². The van der Waals surface area contributed by atoms with E-state index in [-0.39, 0.29) is 0 Å². The van der Waals surface area contributed by atoms with Crippen molar-refractivity contribution < 1.29 is 31.3 Å². The minimum atomic E-state index is -3.22. The van der Waals surface area contributed by atoms with Crippen molar-refractivity contribution in [1.29, 1.82) is 0 Å². The van der Waals surface area contributed by atoms with Crippen molar-refractivity contribution in [3.05, 3.63) is 23.8 Å². The normalized spacial score (nSPS) is 12.4. The highest BCUT2D eigenvalue weighted by Gasteiger charge is 2.50. The highest BCUT2D eigenvalue weighted by atomic mass is 28.4. The number of methoxy groups -OCH3 is 1. The summed E-state index contributed by atoms with van der Waals surface area (Å²) in [7, 11) is -4.53. The van der Waals surface area contributed by atoms with Gasteiger partial charge in [0.2, 0.25) is 0 Å². The van der Waals surface area contributed by atoms with E-state index in [9.17, 15) is 0 Å². The summed E-state index contributed by atoms with van der Waals surface area (Å²) in [5.74, 6) is 0.678. The quantitative estimate of drug-likeness (QED) is 0.362. The molecule has 29 heavy (non-hydrogen) atoms. The Bertz CT molecular complexity index is 552. The standard InChI is InChI=1S/C20H38O7Si2/c1-8-22-28(23-9-2,24-10-3)17-18-15-14-16-19(21-7)20(18)29(25-11-4,26-12-5)27-13-6/h14-16H,8-13,17H2,1-7H3. The number of ether oxygens (including phenoxy) is 1. The zero-order valence-electron chi connectivity index (χ0n) is 19.0. The zero-order valence-corrected chi connectivity index (χ0v) is 21.0. The number of hydrogen-bond acceptors (Lipinski definition) is 7. The van der Waals surface area contributed by atoms with Gasteiger partial charge in [-0.15, -0.1) is 0 Å². The van der Waals surface area contributed by atoms with E-state index < -0.39 is 17.6 Å². The second-order valence-electron chi connectivity index (χ2n) is 6.01. The van der Waals surface area contributed by atoms with Crippen molar-refractivity contribution >= 4 is 22.8 Å². The maximum absolute atomic E-state index is 6.18. The first-order valence-electron chi connectivity index (χ1n) is 10.5. The molecule has 0 atom stereocenters. The van der Waals surface area contributed by atoms with Crippen LogP contribution in [0.25, 0.3) is 0 Å². The smallest absolute Gasteiger partial charge is 0.497 e. The van der Waals surface area contributed by atoms with Gasteiger partial charge in [0.1, 0.15) is 5.75 Å². The largest absolute Gasteiger partial charge is 0.541 e. The van der Waals surface area contributed by atoms with Crippen LogP contribution in [0, 0.1) is 0 Å². The van der Waals surface area contributed by atoms with Gasteiger partial charge in [0, 0.05) is 45.7 Å². The summed E-state index contributed by atoms with van der Waals surface area (Å²) in [6, 6.07) is 6.36. The first kappa shape index (κ1) is 26.2. The molecule has 168 valence electrons. The third kappa shape index (κ3) is 6.86. The lowest BCUT2D eigenvalue weighted by Gasteiger charge is -2.33. The maximum atomic E-state index is 6.18. The van der Waals surface area contributed by atoms with Crippen molar-refractivity contribution in [2.45, 2.75) is 47.6 Å². The number of benzene rings is 1. The van der Waals surface area contributed by atoms with Gasteiger partial charge < -0.3 is 31.3 Å². The van der Waals surface area contributed by atoms with Crippen LogP contribution in [0.2, 0.25) is 0 Å². The summed E-state index contributed by atoms with van der Waals surface area (Å²) in [6.07, 6.45) is 0. The second kappa shape index (κ2) is 13.5. The molecule has 9 heteroatoms.